The number of fused-ring (bicyclic) bond motifs is 20. The Morgan fingerprint density at radius 1 is 0.198 bits per heavy atom. The zero-order valence-corrected chi connectivity index (χ0v) is 50.7. The SMILES string of the molecule is c1ccc(Oc2cc3c(cc2Oc2ccccc2)-c2nc-3nc3[nH]c(nc4nc(nc5[nH]c(n2)c2cc(Oc6ccccc6)c(Oc6ccccc6)cc52)-c2c-4ccc(Oc4ccccc4)c2Oc2ccccc2)c2cc(Oc4ccccc4)c(Oc4ccccc4)cc32)cc1. The maximum atomic E-state index is 6.99. The first kappa shape index (κ1) is 56.4. The number of rotatable bonds is 16. The van der Waals surface area contributed by atoms with Crippen molar-refractivity contribution in [1.29, 1.82) is 0 Å². The van der Waals surface area contributed by atoms with Crippen LogP contribution in [-0.4, -0.2) is 39.9 Å². The zero-order chi connectivity index (χ0) is 63.7. The Morgan fingerprint density at radius 3 is 0.740 bits per heavy atom. The van der Waals surface area contributed by atoms with Gasteiger partial charge in [0.2, 0.25) is 0 Å². The van der Waals surface area contributed by atoms with Crippen LogP contribution in [0.5, 0.6) is 92.0 Å². The van der Waals surface area contributed by atoms with Crippen LogP contribution in [-0.2, 0) is 0 Å². The molecule has 2 aliphatic heterocycles. The number of hydrogen-bond acceptors (Lipinski definition) is 14. The molecule has 0 fully saturated rings. The third kappa shape index (κ3) is 11.3. The van der Waals surface area contributed by atoms with Crippen LogP contribution in [0.4, 0.5) is 0 Å². The van der Waals surface area contributed by atoms with E-state index in [0.717, 1.165) is 0 Å². The monoisotopic (exact) mass is 1250 g/mol. The molecule has 0 unspecified atom stereocenters. The molecule has 17 rings (SSSR count). The molecular weight excluding hydrogens is 1200 g/mol. The molecule has 0 saturated carbocycles. The van der Waals surface area contributed by atoms with Gasteiger partial charge in [-0.3, -0.25) is 0 Å². The number of aromatic amines is 2. The molecule has 12 aromatic carbocycles. The quantitative estimate of drug-likeness (QED) is 0.0932. The molecule has 0 radical (unpaired) electrons. The first-order valence-electron chi connectivity index (χ1n) is 30.9. The number of nitrogens with zero attached hydrogens (tertiary/aromatic N) is 6. The summed E-state index contributed by atoms with van der Waals surface area (Å²) < 4.78 is 54.2. The van der Waals surface area contributed by atoms with E-state index in [1.165, 1.54) is 0 Å². The fourth-order valence-corrected chi connectivity index (χ4v) is 11.4. The van der Waals surface area contributed by atoms with Crippen LogP contribution in [0.2, 0.25) is 0 Å². The molecule has 2 aliphatic rings. The normalized spacial score (nSPS) is 11.3. The van der Waals surface area contributed by atoms with Crippen molar-refractivity contribution in [2.24, 2.45) is 0 Å². The minimum absolute atomic E-state index is 0.227. The topological polar surface area (TPSA) is 183 Å². The van der Waals surface area contributed by atoms with E-state index < -0.39 is 0 Å². The Labute approximate surface area is 547 Å². The molecule has 16 nitrogen and oxygen atoms in total. The van der Waals surface area contributed by atoms with Gasteiger partial charge in [0.05, 0.1) is 5.56 Å². The van der Waals surface area contributed by atoms with Gasteiger partial charge in [0, 0.05) is 38.2 Å². The maximum Gasteiger partial charge on any atom is 0.181 e. The predicted octanol–water partition coefficient (Wildman–Crippen LogP) is 21.2. The summed E-state index contributed by atoms with van der Waals surface area (Å²) in [7, 11) is 0. The van der Waals surface area contributed by atoms with Crippen LogP contribution in [0.3, 0.4) is 0 Å². The summed E-state index contributed by atoms with van der Waals surface area (Å²) in [5.74, 6) is 8.76. The lowest BCUT2D eigenvalue weighted by atomic mass is 10.1. The van der Waals surface area contributed by atoms with Crippen molar-refractivity contribution in [3.8, 4) is 138 Å². The second kappa shape index (κ2) is 24.6. The van der Waals surface area contributed by atoms with Gasteiger partial charge in [-0.25, -0.2) is 29.9 Å². The van der Waals surface area contributed by atoms with Crippen LogP contribution in [0.1, 0.15) is 0 Å². The average Bonchev–Trinajstić information content (AvgIpc) is 1.60. The lowest BCUT2D eigenvalue weighted by molar-refractivity contribution is 0.419. The fourth-order valence-electron chi connectivity index (χ4n) is 11.4. The number of nitrogens with one attached hydrogen (secondary N) is 2. The highest BCUT2D eigenvalue weighted by atomic mass is 16.5. The van der Waals surface area contributed by atoms with E-state index in [9.17, 15) is 0 Å². The second-order valence-corrected chi connectivity index (χ2v) is 22.3. The highest BCUT2D eigenvalue weighted by molar-refractivity contribution is 6.08. The van der Waals surface area contributed by atoms with Crippen LogP contribution >= 0.6 is 0 Å². The molecule has 3 aromatic heterocycles. The lowest BCUT2D eigenvalue weighted by Gasteiger charge is -2.16. The Kier molecular flexibility index (Phi) is 14.4. The fraction of sp³-hybridized carbons (Fsp3) is 0. The van der Waals surface area contributed by atoms with Gasteiger partial charge in [-0.2, -0.15) is 0 Å². The molecule has 16 heteroatoms. The van der Waals surface area contributed by atoms with Crippen molar-refractivity contribution in [3.63, 3.8) is 0 Å². The predicted molar refractivity (Wildman–Crippen MR) is 368 cm³/mol. The van der Waals surface area contributed by atoms with E-state index in [4.69, 9.17) is 67.8 Å². The third-order valence-electron chi connectivity index (χ3n) is 15.9. The van der Waals surface area contributed by atoms with E-state index >= 15 is 0 Å². The van der Waals surface area contributed by atoms with Gasteiger partial charge >= 0.3 is 0 Å². The van der Waals surface area contributed by atoms with Crippen LogP contribution in [0.25, 0.3) is 89.7 Å². The van der Waals surface area contributed by atoms with Crippen LogP contribution in [0.15, 0.2) is 291 Å². The minimum atomic E-state index is 0.227. The number of aromatic nitrogens is 8. The van der Waals surface area contributed by atoms with E-state index in [-0.39, 0.29) is 23.3 Å². The summed E-state index contributed by atoms with van der Waals surface area (Å²) in [4.78, 5) is 40.1. The maximum absolute atomic E-state index is 6.99. The molecule has 5 heterocycles. The molecule has 8 bridgehead atoms. The lowest BCUT2D eigenvalue weighted by Crippen LogP contribution is -1.95. The van der Waals surface area contributed by atoms with Gasteiger partial charge in [0.1, 0.15) is 68.6 Å². The Morgan fingerprint density at radius 2 is 0.438 bits per heavy atom. The first-order chi connectivity index (χ1) is 47.5. The molecule has 0 spiro atoms. The Balaban J connectivity index is 0.997. The summed E-state index contributed by atoms with van der Waals surface area (Å²) in [5.41, 5.74) is 3.66. The van der Waals surface area contributed by atoms with Gasteiger partial charge in [-0.1, -0.05) is 146 Å². The van der Waals surface area contributed by atoms with Crippen molar-refractivity contribution >= 4 is 44.1 Å². The smallest absolute Gasteiger partial charge is 0.181 e. The summed E-state index contributed by atoms with van der Waals surface area (Å²) in [5, 5.41) is 2.40. The molecule has 2 N–H and O–H groups in total. The number of benzene rings is 12. The second-order valence-electron chi connectivity index (χ2n) is 22.3. The molecule has 15 aromatic rings. The van der Waals surface area contributed by atoms with Crippen molar-refractivity contribution in [2.75, 3.05) is 0 Å². The Hall–Kier alpha value is -13.6. The number of H-pyrrole nitrogens is 2. The highest BCUT2D eigenvalue weighted by Gasteiger charge is 2.31. The molecule has 96 heavy (non-hydrogen) atoms. The molecular formula is C80H50N8O8. The summed E-state index contributed by atoms with van der Waals surface area (Å²) in [6.07, 6.45) is 0. The number of para-hydroxylation sites is 8. The molecule has 0 saturated heterocycles. The van der Waals surface area contributed by atoms with Gasteiger partial charge in [0.15, 0.2) is 69.3 Å². The minimum Gasteiger partial charge on any atom is -0.453 e. The molecule has 0 amide bonds. The van der Waals surface area contributed by atoms with Crippen molar-refractivity contribution in [2.45, 2.75) is 0 Å². The van der Waals surface area contributed by atoms with E-state index in [0.29, 0.717) is 158 Å². The standard InChI is InChI=1S/C80H50N8O8/c1-9-25-49(26-10-1)89-64-42-41-57-71(72(64)96-56-39-23-8-24-40-56)80-87-73(57)81-74-58-43-65(90-50-27-11-2-12-28-50)66(91-51-29-13-3-14-30-51)44-59(58)75(82-74)83-76-60-45-67(92-52-31-15-4-16-32-52)68(93-53-33-17-5-18-34-53)46-61(60)77(84-76)85-78-62-47-69(94-54-35-19-6-20-36-54)70(48-63(62)79(86-78)88-80)95-55-37-21-7-22-38-55/h1-48H,(H2,81,82,83,84,85,86,87,88). The summed E-state index contributed by atoms with van der Waals surface area (Å²) >= 11 is 0. The first-order valence-corrected chi connectivity index (χ1v) is 30.9. The van der Waals surface area contributed by atoms with Crippen LogP contribution in [0, 0.1) is 0 Å². The van der Waals surface area contributed by atoms with Crippen molar-refractivity contribution < 1.29 is 37.9 Å². The highest BCUT2D eigenvalue weighted by Crippen LogP contribution is 2.51. The third-order valence-corrected chi connectivity index (χ3v) is 15.9. The van der Waals surface area contributed by atoms with Crippen molar-refractivity contribution in [1.82, 2.24) is 39.9 Å². The van der Waals surface area contributed by atoms with Crippen LogP contribution < -0.4 is 37.9 Å². The number of hydrogen-bond donors (Lipinski definition) is 2. The van der Waals surface area contributed by atoms with E-state index in [2.05, 4.69) is 9.97 Å². The molecule has 458 valence electrons. The van der Waals surface area contributed by atoms with Gasteiger partial charge in [-0.15, -0.1) is 0 Å². The average molecular weight is 1250 g/mol. The number of ether oxygens (including phenoxy) is 8. The summed E-state index contributed by atoms with van der Waals surface area (Å²) in [6, 6.07) is 91.2. The largest absolute Gasteiger partial charge is 0.453 e. The zero-order valence-electron chi connectivity index (χ0n) is 50.7. The molecule has 0 aliphatic carbocycles. The van der Waals surface area contributed by atoms with Gasteiger partial charge < -0.3 is 47.9 Å². The van der Waals surface area contributed by atoms with Crippen molar-refractivity contribution in [3.05, 3.63) is 291 Å². The van der Waals surface area contributed by atoms with Gasteiger partial charge in [-0.05, 0) is 146 Å². The van der Waals surface area contributed by atoms with E-state index in [1.54, 1.807) is 0 Å². The van der Waals surface area contributed by atoms with Gasteiger partial charge in [0.25, 0.3) is 0 Å². The summed E-state index contributed by atoms with van der Waals surface area (Å²) in [6.45, 7) is 0. The molecule has 0 atom stereocenters. The van der Waals surface area contributed by atoms with E-state index in [1.807, 2.05) is 291 Å². The Bertz CT molecular complexity index is 5450.